The molecule has 0 spiro atoms. The molecule has 1 aliphatic carbocycles. The van der Waals surface area contributed by atoms with Crippen LogP contribution in [0, 0.1) is 11.8 Å². The lowest BCUT2D eigenvalue weighted by Gasteiger charge is -2.32. The third-order valence-corrected chi connectivity index (χ3v) is 3.83. The Kier molecular flexibility index (Phi) is 6.67. The van der Waals surface area contributed by atoms with Crippen LogP contribution < -0.4 is 5.32 Å². The first-order chi connectivity index (χ1) is 9.02. The number of hydrogen-bond donors (Lipinski definition) is 2. The number of nitrogens with one attached hydrogen (secondary N) is 1. The molecule has 2 N–H and O–H groups in total. The third-order valence-electron chi connectivity index (χ3n) is 3.83. The maximum atomic E-state index is 12.0. The van der Waals surface area contributed by atoms with E-state index in [0.717, 1.165) is 13.1 Å². The molecule has 1 saturated carbocycles. The number of carboxylic acid groups (broad SMARTS) is 1. The predicted molar refractivity (Wildman–Crippen MR) is 74.0 cm³/mol. The van der Waals surface area contributed by atoms with Gasteiger partial charge >= 0.3 is 12.0 Å². The summed E-state index contributed by atoms with van der Waals surface area (Å²) in [5.41, 5.74) is 0. The summed E-state index contributed by atoms with van der Waals surface area (Å²) in [5.74, 6) is 0.0935. The number of nitrogens with zero attached hydrogens (tertiary/aromatic N) is 1. The molecule has 110 valence electrons. The highest BCUT2D eigenvalue weighted by Gasteiger charge is 2.22. The number of carboxylic acids is 1. The largest absolute Gasteiger partial charge is 0.481 e. The van der Waals surface area contributed by atoms with Crippen LogP contribution in [-0.4, -0.2) is 41.6 Å². The van der Waals surface area contributed by atoms with Gasteiger partial charge in [-0.1, -0.05) is 13.3 Å². The molecule has 5 nitrogen and oxygen atoms in total. The molecule has 1 aliphatic rings. The van der Waals surface area contributed by atoms with Gasteiger partial charge in [0.25, 0.3) is 0 Å². The highest BCUT2D eigenvalue weighted by atomic mass is 16.4. The Bertz CT molecular complexity index is 303. The van der Waals surface area contributed by atoms with Crippen LogP contribution in [0.3, 0.4) is 0 Å². The average molecular weight is 270 g/mol. The molecule has 1 fully saturated rings. The fourth-order valence-corrected chi connectivity index (χ4v) is 2.19. The van der Waals surface area contributed by atoms with Crippen LogP contribution in [0.1, 0.15) is 46.0 Å². The van der Waals surface area contributed by atoms with Gasteiger partial charge in [0.15, 0.2) is 0 Å². The minimum atomic E-state index is -0.779. The molecular formula is C14H26N2O3. The number of amides is 2. The van der Waals surface area contributed by atoms with Crippen molar-refractivity contribution < 1.29 is 14.7 Å². The number of rotatable bonds is 8. The number of aliphatic carboxylic acids is 1. The molecule has 2 amide bonds. The highest BCUT2D eigenvalue weighted by molar-refractivity contribution is 5.74. The van der Waals surface area contributed by atoms with Crippen LogP contribution in [0.2, 0.25) is 0 Å². The van der Waals surface area contributed by atoms with Crippen molar-refractivity contribution in [1.29, 1.82) is 0 Å². The van der Waals surface area contributed by atoms with Crippen LogP contribution in [-0.2, 0) is 4.79 Å². The Morgan fingerprint density at radius 3 is 2.58 bits per heavy atom. The Morgan fingerprint density at radius 2 is 2.11 bits per heavy atom. The zero-order valence-corrected chi connectivity index (χ0v) is 12.0. The van der Waals surface area contributed by atoms with Crippen LogP contribution in [0.25, 0.3) is 0 Å². The van der Waals surface area contributed by atoms with E-state index in [2.05, 4.69) is 5.32 Å². The molecule has 0 heterocycles. The molecule has 0 radical (unpaired) electrons. The van der Waals surface area contributed by atoms with Gasteiger partial charge in [0.2, 0.25) is 0 Å². The number of carbonyl (C=O) groups excluding carboxylic acids is 1. The Labute approximate surface area is 115 Å². The first-order valence-corrected chi connectivity index (χ1v) is 7.27. The monoisotopic (exact) mass is 270 g/mol. The molecule has 0 bridgehead atoms. The summed E-state index contributed by atoms with van der Waals surface area (Å²) < 4.78 is 0. The SMILES string of the molecule is CCN(CC1CCC1)C(=O)NCC(C)CCC(=O)O. The van der Waals surface area contributed by atoms with Crippen LogP contribution >= 0.6 is 0 Å². The van der Waals surface area contributed by atoms with Crippen LogP contribution in [0.15, 0.2) is 0 Å². The number of carbonyl (C=O) groups is 2. The number of urea groups is 1. The molecule has 0 saturated heterocycles. The summed E-state index contributed by atoms with van der Waals surface area (Å²) in [5, 5.41) is 11.5. The van der Waals surface area contributed by atoms with Gasteiger partial charge in [-0.3, -0.25) is 4.79 Å². The predicted octanol–water partition coefficient (Wildman–Crippen LogP) is 2.32. The maximum Gasteiger partial charge on any atom is 0.317 e. The van der Waals surface area contributed by atoms with E-state index < -0.39 is 5.97 Å². The van der Waals surface area contributed by atoms with E-state index in [1.54, 1.807) is 0 Å². The molecule has 1 atom stereocenters. The first-order valence-electron chi connectivity index (χ1n) is 7.27. The summed E-state index contributed by atoms with van der Waals surface area (Å²) in [4.78, 5) is 24.3. The van der Waals surface area contributed by atoms with Gasteiger partial charge in [0, 0.05) is 26.1 Å². The van der Waals surface area contributed by atoms with E-state index in [0.29, 0.717) is 18.9 Å². The molecular weight excluding hydrogens is 244 g/mol. The maximum absolute atomic E-state index is 12.0. The van der Waals surface area contributed by atoms with Crippen molar-refractivity contribution in [3.63, 3.8) is 0 Å². The first kappa shape index (κ1) is 15.8. The second-order valence-electron chi connectivity index (χ2n) is 5.56. The molecule has 0 aliphatic heterocycles. The van der Waals surface area contributed by atoms with Crippen LogP contribution in [0.5, 0.6) is 0 Å². The van der Waals surface area contributed by atoms with Gasteiger partial charge in [-0.05, 0) is 38.0 Å². The van der Waals surface area contributed by atoms with Gasteiger partial charge in [0.1, 0.15) is 0 Å². The van der Waals surface area contributed by atoms with E-state index in [-0.39, 0.29) is 18.4 Å². The Morgan fingerprint density at radius 1 is 1.42 bits per heavy atom. The zero-order valence-electron chi connectivity index (χ0n) is 12.0. The van der Waals surface area contributed by atoms with Gasteiger partial charge in [-0.2, -0.15) is 0 Å². The second-order valence-corrected chi connectivity index (χ2v) is 5.56. The lowest BCUT2D eigenvalue weighted by atomic mass is 9.85. The van der Waals surface area contributed by atoms with Gasteiger partial charge in [-0.25, -0.2) is 4.79 Å². The summed E-state index contributed by atoms with van der Waals surface area (Å²) in [7, 11) is 0. The van der Waals surface area contributed by atoms with Gasteiger partial charge in [0.05, 0.1) is 0 Å². The minimum Gasteiger partial charge on any atom is -0.481 e. The smallest absolute Gasteiger partial charge is 0.317 e. The summed E-state index contributed by atoms with van der Waals surface area (Å²) >= 11 is 0. The topological polar surface area (TPSA) is 69.6 Å². The average Bonchev–Trinajstić information content (AvgIpc) is 2.32. The van der Waals surface area contributed by atoms with Crippen molar-refractivity contribution >= 4 is 12.0 Å². The van der Waals surface area contributed by atoms with Crippen LogP contribution in [0.4, 0.5) is 4.79 Å². The van der Waals surface area contributed by atoms with E-state index in [4.69, 9.17) is 5.11 Å². The normalized spacial score (nSPS) is 16.5. The molecule has 0 aromatic rings. The van der Waals surface area contributed by atoms with Gasteiger partial charge in [-0.15, -0.1) is 0 Å². The van der Waals surface area contributed by atoms with Crippen molar-refractivity contribution in [3.05, 3.63) is 0 Å². The van der Waals surface area contributed by atoms with Crippen molar-refractivity contribution in [1.82, 2.24) is 10.2 Å². The van der Waals surface area contributed by atoms with Crippen molar-refractivity contribution in [2.45, 2.75) is 46.0 Å². The van der Waals surface area contributed by atoms with Crippen molar-refractivity contribution in [2.24, 2.45) is 11.8 Å². The number of hydrogen-bond acceptors (Lipinski definition) is 2. The Balaban J connectivity index is 2.21. The third kappa shape index (κ3) is 5.94. The van der Waals surface area contributed by atoms with E-state index in [1.807, 2.05) is 18.7 Å². The summed E-state index contributed by atoms with van der Waals surface area (Å²) in [6.07, 6.45) is 4.52. The fraction of sp³-hybridized carbons (Fsp3) is 0.857. The molecule has 19 heavy (non-hydrogen) atoms. The molecule has 1 unspecified atom stereocenters. The standard InChI is InChI=1S/C14H26N2O3/c1-3-16(10-12-5-4-6-12)14(19)15-9-11(2)7-8-13(17)18/h11-12H,3-10H2,1-2H3,(H,15,19)(H,17,18). The van der Waals surface area contributed by atoms with Gasteiger partial charge < -0.3 is 15.3 Å². The Hall–Kier alpha value is -1.26. The van der Waals surface area contributed by atoms with Crippen molar-refractivity contribution in [2.75, 3.05) is 19.6 Å². The van der Waals surface area contributed by atoms with Crippen molar-refractivity contribution in [3.8, 4) is 0 Å². The lowest BCUT2D eigenvalue weighted by Crippen LogP contribution is -2.44. The van der Waals surface area contributed by atoms with E-state index in [9.17, 15) is 9.59 Å². The minimum absolute atomic E-state index is 0.0171. The zero-order chi connectivity index (χ0) is 14.3. The highest BCUT2D eigenvalue weighted by Crippen LogP contribution is 2.26. The molecule has 5 heteroatoms. The molecule has 0 aromatic heterocycles. The van der Waals surface area contributed by atoms with E-state index in [1.165, 1.54) is 19.3 Å². The fourth-order valence-electron chi connectivity index (χ4n) is 2.19. The molecule has 1 rings (SSSR count). The summed E-state index contributed by atoms with van der Waals surface area (Å²) in [6, 6.07) is -0.0171. The second kappa shape index (κ2) is 8.02. The molecule has 0 aromatic carbocycles. The lowest BCUT2D eigenvalue weighted by molar-refractivity contribution is -0.137. The van der Waals surface area contributed by atoms with E-state index >= 15 is 0 Å². The summed E-state index contributed by atoms with van der Waals surface area (Å²) in [6.45, 7) is 6.09. The quantitative estimate of drug-likeness (QED) is 0.711.